The van der Waals surface area contributed by atoms with E-state index in [1.165, 1.54) is 7.11 Å². The lowest BCUT2D eigenvalue weighted by molar-refractivity contribution is -0.146. The van der Waals surface area contributed by atoms with Crippen LogP contribution >= 0.6 is 11.6 Å². The number of likely N-dealkylation sites (tertiary alicyclic amines) is 1. The minimum absolute atomic E-state index is 0.112. The number of aromatic amines is 1. The maximum Gasteiger partial charge on any atom is 0.308 e. The molecule has 0 aliphatic carbocycles. The van der Waals surface area contributed by atoms with Gasteiger partial charge in [0.05, 0.1) is 18.7 Å². The molecule has 1 saturated heterocycles. The molecule has 1 aromatic heterocycles. The Labute approximate surface area is 144 Å². The highest BCUT2D eigenvalue weighted by Gasteiger charge is 2.29. The monoisotopic (exact) mass is 347 g/mol. The Hall–Kier alpha value is -2.34. The fourth-order valence-electron chi connectivity index (χ4n) is 2.88. The first kappa shape index (κ1) is 16.5. The maximum atomic E-state index is 12.6. The van der Waals surface area contributed by atoms with Crippen LogP contribution in [0.4, 0.5) is 0 Å². The molecule has 126 valence electrons. The number of nitrogens with zero attached hydrogens (tertiary/aromatic N) is 2. The fourth-order valence-corrected chi connectivity index (χ4v) is 3.07. The molecule has 0 bridgehead atoms. The molecule has 3 rings (SSSR count). The van der Waals surface area contributed by atoms with Gasteiger partial charge in [0.15, 0.2) is 0 Å². The predicted molar refractivity (Wildman–Crippen MR) is 89.7 cm³/mol. The number of nitrogens with one attached hydrogen (secondary N) is 1. The number of carbonyl (C=O) groups is 2. The lowest BCUT2D eigenvalue weighted by Gasteiger charge is -2.30. The number of piperidine rings is 1. The van der Waals surface area contributed by atoms with E-state index >= 15 is 0 Å². The molecule has 1 fully saturated rings. The second kappa shape index (κ2) is 7.05. The highest BCUT2D eigenvalue weighted by atomic mass is 35.5. The second-order valence-corrected chi connectivity index (χ2v) is 6.20. The number of rotatable bonds is 3. The van der Waals surface area contributed by atoms with E-state index in [1.807, 2.05) is 12.1 Å². The number of hydrogen-bond donors (Lipinski definition) is 1. The Balaban J connectivity index is 1.68. The third-order valence-electron chi connectivity index (χ3n) is 4.25. The molecular weight excluding hydrogens is 330 g/mol. The summed E-state index contributed by atoms with van der Waals surface area (Å²) >= 11 is 5.99. The summed E-state index contributed by atoms with van der Waals surface area (Å²) in [7, 11) is 1.39. The Bertz CT molecular complexity index is 751. The highest BCUT2D eigenvalue weighted by Crippen LogP contribution is 2.23. The van der Waals surface area contributed by atoms with Gasteiger partial charge in [0, 0.05) is 23.7 Å². The van der Waals surface area contributed by atoms with Crippen molar-refractivity contribution in [3.63, 3.8) is 0 Å². The zero-order valence-electron chi connectivity index (χ0n) is 13.3. The molecule has 0 unspecified atom stereocenters. The summed E-state index contributed by atoms with van der Waals surface area (Å²) in [6.07, 6.45) is 1.24. The van der Waals surface area contributed by atoms with E-state index in [0.29, 0.717) is 42.3 Å². The van der Waals surface area contributed by atoms with Crippen LogP contribution in [-0.4, -0.2) is 47.2 Å². The van der Waals surface area contributed by atoms with Crippen LogP contribution in [0.25, 0.3) is 11.3 Å². The standard InChI is InChI=1S/C17H18ClN3O3/c1-24-17(23)11-5-7-21(8-6-11)16(22)15-10-14(19-20-15)12-3-2-4-13(18)9-12/h2-4,9-11H,5-8H2,1H3,(H,19,20). The van der Waals surface area contributed by atoms with Crippen LogP contribution in [-0.2, 0) is 9.53 Å². The van der Waals surface area contributed by atoms with Gasteiger partial charge in [-0.2, -0.15) is 5.10 Å². The number of methoxy groups -OCH3 is 1. The number of amides is 1. The van der Waals surface area contributed by atoms with Gasteiger partial charge in [-0.25, -0.2) is 0 Å². The Morgan fingerprint density at radius 1 is 1.29 bits per heavy atom. The molecule has 0 spiro atoms. The predicted octanol–water partition coefficient (Wildman–Crippen LogP) is 2.76. The summed E-state index contributed by atoms with van der Waals surface area (Å²) in [5.74, 6) is -0.436. The SMILES string of the molecule is COC(=O)C1CCN(C(=O)c2cc(-c3cccc(Cl)c3)n[nH]2)CC1. The number of benzene rings is 1. The average molecular weight is 348 g/mol. The van der Waals surface area contributed by atoms with Crippen LogP contribution in [0.5, 0.6) is 0 Å². The molecule has 0 saturated carbocycles. The lowest BCUT2D eigenvalue weighted by Crippen LogP contribution is -2.40. The lowest BCUT2D eigenvalue weighted by atomic mass is 9.97. The maximum absolute atomic E-state index is 12.6. The zero-order valence-corrected chi connectivity index (χ0v) is 14.0. The van der Waals surface area contributed by atoms with Gasteiger partial charge in [-0.05, 0) is 31.0 Å². The first-order valence-corrected chi connectivity index (χ1v) is 8.14. The van der Waals surface area contributed by atoms with Gasteiger partial charge in [-0.1, -0.05) is 23.7 Å². The largest absolute Gasteiger partial charge is 0.469 e. The van der Waals surface area contributed by atoms with Crippen molar-refractivity contribution in [1.29, 1.82) is 0 Å². The van der Waals surface area contributed by atoms with E-state index in [-0.39, 0.29) is 17.8 Å². The summed E-state index contributed by atoms with van der Waals surface area (Å²) in [4.78, 5) is 25.8. The van der Waals surface area contributed by atoms with Crippen LogP contribution in [0.1, 0.15) is 23.3 Å². The Morgan fingerprint density at radius 2 is 2.04 bits per heavy atom. The molecule has 1 amide bonds. The van der Waals surface area contributed by atoms with Gasteiger partial charge in [-0.15, -0.1) is 0 Å². The fraction of sp³-hybridized carbons (Fsp3) is 0.353. The van der Waals surface area contributed by atoms with Gasteiger partial charge in [-0.3, -0.25) is 14.7 Å². The number of hydrogen-bond acceptors (Lipinski definition) is 4. The third kappa shape index (κ3) is 3.43. The van der Waals surface area contributed by atoms with Gasteiger partial charge in [0.25, 0.3) is 5.91 Å². The van der Waals surface area contributed by atoms with E-state index in [9.17, 15) is 9.59 Å². The Morgan fingerprint density at radius 3 is 2.71 bits per heavy atom. The van der Waals surface area contributed by atoms with Crippen molar-refractivity contribution in [2.75, 3.05) is 20.2 Å². The minimum Gasteiger partial charge on any atom is -0.469 e. The molecule has 1 N–H and O–H groups in total. The third-order valence-corrected chi connectivity index (χ3v) is 4.48. The van der Waals surface area contributed by atoms with Crippen LogP contribution in [0.15, 0.2) is 30.3 Å². The molecule has 0 radical (unpaired) electrons. The Kier molecular flexibility index (Phi) is 4.85. The van der Waals surface area contributed by atoms with Crippen molar-refractivity contribution in [3.05, 3.63) is 41.0 Å². The molecule has 6 nitrogen and oxygen atoms in total. The molecular formula is C17H18ClN3O3. The van der Waals surface area contributed by atoms with E-state index in [4.69, 9.17) is 16.3 Å². The van der Waals surface area contributed by atoms with Crippen molar-refractivity contribution in [2.45, 2.75) is 12.8 Å². The van der Waals surface area contributed by atoms with Crippen LogP contribution in [0, 0.1) is 5.92 Å². The van der Waals surface area contributed by atoms with Crippen molar-refractivity contribution in [1.82, 2.24) is 15.1 Å². The number of halogens is 1. The van der Waals surface area contributed by atoms with E-state index in [0.717, 1.165) is 5.56 Å². The second-order valence-electron chi connectivity index (χ2n) is 5.77. The molecule has 1 aliphatic rings. The molecule has 0 atom stereocenters. The number of H-pyrrole nitrogens is 1. The zero-order chi connectivity index (χ0) is 17.1. The van der Waals surface area contributed by atoms with Crippen LogP contribution < -0.4 is 0 Å². The molecule has 7 heteroatoms. The number of carbonyl (C=O) groups excluding carboxylic acids is 2. The number of esters is 1. The summed E-state index contributed by atoms with van der Waals surface area (Å²) in [5.41, 5.74) is 1.95. The van der Waals surface area contributed by atoms with Crippen molar-refractivity contribution in [2.24, 2.45) is 5.92 Å². The van der Waals surface area contributed by atoms with E-state index in [2.05, 4.69) is 10.2 Å². The van der Waals surface area contributed by atoms with Gasteiger partial charge < -0.3 is 9.64 Å². The van der Waals surface area contributed by atoms with Gasteiger partial charge >= 0.3 is 5.97 Å². The van der Waals surface area contributed by atoms with E-state index in [1.54, 1.807) is 23.1 Å². The van der Waals surface area contributed by atoms with Crippen LogP contribution in [0.3, 0.4) is 0 Å². The average Bonchev–Trinajstić information content (AvgIpc) is 3.10. The van der Waals surface area contributed by atoms with E-state index < -0.39 is 0 Å². The smallest absolute Gasteiger partial charge is 0.308 e. The normalized spacial score (nSPS) is 15.3. The molecule has 1 aromatic carbocycles. The summed E-state index contributed by atoms with van der Waals surface area (Å²) in [5, 5.41) is 7.60. The molecule has 1 aliphatic heterocycles. The number of aromatic nitrogens is 2. The number of ether oxygens (including phenoxy) is 1. The highest BCUT2D eigenvalue weighted by molar-refractivity contribution is 6.30. The summed E-state index contributed by atoms with van der Waals surface area (Å²) in [6, 6.07) is 9.03. The topological polar surface area (TPSA) is 75.3 Å². The molecule has 2 aromatic rings. The first-order valence-electron chi connectivity index (χ1n) is 7.77. The van der Waals surface area contributed by atoms with Crippen LogP contribution in [0.2, 0.25) is 5.02 Å². The molecule has 2 heterocycles. The first-order chi connectivity index (χ1) is 11.6. The molecule has 24 heavy (non-hydrogen) atoms. The summed E-state index contributed by atoms with van der Waals surface area (Å²) in [6.45, 7) is 1.06. The minimum atomic E-state index is -0.202. The van der Waals surface area contributed by atoms with Gasteiger partial charge in [0.2, 0.25) is 0 Å². The van der Waals surface area contributed by atoms with Crippen molar-refractivity contribution < 1.29 is 14.3 Å². The summed E-state index contributed by atoms with van der Waals surface area (Å²) < 4.78 is 4.76. The van der Waals surface area contributed by atoms with Crippen molar-refractivity contribution >= 4 is 23.5 Å². The quantitative estimate of drug-likeness (QED) is 0.866. The van der Waals surface area contributed by atoms with Crippen molar-refractivity contribution in [3.8, 4) is 11.3 Å². The van der Waals surface area contributed by atoms with Gasteiger partial charge in [0.1, 0.15) is 5.69 Å².